The van der Waals surface area contributed by atoms with Gasteiger partial charge in [0, 0.05) is 36.5 Å². The largest absolute Gasteiger partial charge is 0.361 e. The van der Waals surface area contributed by atoms with E-state index in [2.05, 4.69) is 21.4 Å². The Hall–Kier alpha value is -1.36. The molecule has 3 rings (SSSR count). The zero-order valence-corrected chi connectivity index (χ0v) is 13.9. The van der Waals surface area contributed by atoms with E-state index < -0.39 is 0 Å². The van der Waals surface area contributed by atoms with Crippen molar-refractivity contribution in [1.29, 1.82) is 0 Å². The van der Waals surface area contributed by atoms with E-state index in [0.717, 1.165) is 43.9 Å². The predicted molar refractivity (Wildman–Crippen MR) is 84.4 cm³/mol. The minimum atomic E-state index is -0.326. The number of rotatable bonds is 4. The number of nitrogens with one attached hydrogen (secondary N) is 1. The number of carbonyl (C=O) groups is 1. The van der Waals surface area contributed by atoms with Crippen LogP contribution in [0.1, 0.15) is 63.8 Å². The second-order valence-electron chi connectivity index (χ2n) is 7.79. The van der Waals surface area contributed by atoms with E-state index in [9.17, 15) is 4.79 Å². The van der Waals surface area contributed by atoms with Crippen molar-refractivity contribution in [3.8, 4) is 0 Å². The van der Waals surface area contributed by atoms with Gasteiger partial charge >= 0.3 is 0 Å². The van der Waals surface area contributed by atoms with Gasteiger partial charge in [-0.1, -0.05) is 25.9 Å². The van der Waals surface area contributed by atoms with E-state index in [4.69, 9.17) is 4.52 Å². The number of hydrogen-bond donors (Lipinski definition) is 1. The fourth-order valence-corrected chi connectivity index (χ4v) is 2.91. The molecule has 122 valence electrons. The number of carbonyl (C=O) groups excluding carboxylic acids is 1. The molecule has 1 amide bonds. The first-order valence-electron chi connectivity index (χ1n) is 8.40. The molecule has 1 unspecified atom stereocenters. The molecule has 2 aliphatic rings. The van der Waals surface area contributed by atoms with Gasteiger partial charge in [0.25, 0.3) is 0 Å². The van der Waals surface area contributed by atoms with Crippen molar-refractivity contribution in [2.24, 2.45) is 5.41 Å². The Balaban J connectivity index is 1.52. The fraction of sp³-hybridized carbons (Fsp3) is 0.765. The molecule has 5 heteroatoms. The second-order valence-corrected chi connectivity index (χ2v) is 7.79. The number of amides is 1. The van der Waals surface area contributed by atoms with Gasteiger partial charge in [-0.25, -0.2) is 0 Å². The molecule has 1 saturated carbocycles. The van der Waals surface area contributed by atoms with Gasteiger partial charge < -0.3 is 9.84 Å². The molecule has 1 aromatic heterocycles. The van der Waals surface area contributed by atoms with Gasteiger partial charge in [0.15, 0.2) is 0 Å². The van der Waals surface area contributed by atoms with E-state index in [-0.39, 0.29) is 17.4 Å². The molecule has 22 heavy (non-hydrogen) atoms. The van der Waals surface area contributed by atoms with E-state index >= 15 is 0 Å². The van der Waals surface area contributed by atoms with Crippen LogP contribution in [-0.2, 0) is 11.3 Å². The monoisotopic (exact) mass is 305 g/mol. The summed E-state index contributed by atoms with van der Waals surface area (Å²) < 4.78 is 5.42. The smallest absolute Gasteiger partial charge is 0.225 e. The highest BCUT2D eigenvalue weighted by molar-refractivity contribution is 5.81. The minimum absolute atomic E-state index is 0.136. The lowest BCUT2D eigenvalue weighted by Crippen LogP contribution is -2.50. The lowest BCUT2D eigenvalue weighted by molar-refractivity contribution is -0.129. The van der Waals surface area contributed by atoms with E-state index in [1.807, 2.05) is 20.8 Å². The normalized spacial score (nSPS) is 23.5. The van der Waals surface area contributed by atoms with Crippen LogP contribution in [0.15, 0.2) is 10.6 Å². The van der Waals surface area contributed by atoms with Gasteiger partial charge in [-0.05, 0) is 32.2 Å². The Labute approximate surface area is 132 Å². The Morgan fingerprint density at radius 1 is 1.41 bits per heavy atom. The Morgan fingerprint density at radius 3 is 2.86 bits per heavy atom. The second kappa shape index (κ2) is 6.03. The zero-order valence-electron chi connectivity index (χ0n) is 13.9. The van der Waals surface area contributed by atoms with Crippen LogP contribution in [0.4, 0.5) is 0 Å². The quantitative estimate of drug-likeness (QED) is 0.929. The zero-order chi connectivity index (χ0) is 15.7. The molecule has 1 aliphatic carbocycles. The maximum atomic E-state index is 12.1. The third kappa shape index (κ3) is 3.88. The number of likely N-dealkylation sites (tertiary alicyclic amines) is 1. The van der Waals surface area contributed by atoms with Crippen LogP contribution < -0.4 is 5.32 Å². The molecule has 0 bridgehead atoms. The molecular formula is C17H27N3O2. The van der Waals surface area contributed by atoms with Crippen LogP contribution >= 0.6 is 0 Å². The average Bonchev–Trinajstić information content (AvgIpc) is 3.19. The highest BCUT2D eigenvalue weighted by Gasteiger charge is 2.29. The molecule has 0 spiro atoms. The van der Waals surface area contributed by atoms with Crippen molar-refractivity contribution in [2.45, 2.75) is 65.0 Å². The Bertz CT molecular complexity index is 528. The van der Waals surface area contributed by atoms with Gasteiger partial charge in [0.2, 0.25) is 5.91 Å². The molecule has 5 nitrogen and oxygen atoms in total. The summed E-state index contributed by atoms with van der Waals surface area (Å²) >= 11 is 0. The number of piperidine rings is 1. The fourth-order valence-electron chi connectivity index (χ4n) is 2.91. The van der Waals surface area contributed by atoms with Crippen LogP contribution in [0.3, 0.4) is 0 Å². The summed E-state index contributed by atoms with van der Waals surface area (Å²) in [6.45, 7) is 8.65. The maximum absolute atomic E-state index is 12.1. The molecule has 1 saturated heterocycles. The van der Waals surface area contributed by atoms with E-state index in [1.54, 1.807) is 0 Å². The van der Waals surface area contributed by atoms with Gasteiger partial charge in [-0.3, -0.25) is 9.69 Å². The lowest BCUT2D eigenvalue weighted by Gasteiger charge is -2.34. The Kier molecular flexibility index (Phi) is 4.26. The third-order valence-electron chi connectivity index (χ3n) is 4.46. The lowest BCUT2D eigenvalue weighted by atomic mass is 9.94. The molecule has 1 aliphatic heterocycles. The van der Waals surface area contributed by atoms with Crippen molar-refractivity contribution in [3.63, 3.8) is 0 Å². The van der Waals surface area contributed by atoms with Crippen LogP contribution in [0.5, 0.6) is 0 Å². The van der Waals surface area contributed by atoms with Gasteiger partial charge in [0.1, 0.15) is 5.76 Å². The van der Waals surface area contributed by atoms with Crippen molar-refractivity contribution in [3.05, 3.63) is 17.5 Å². The minimum Gasteiger partial charge on any atom is -0.361 e. The average molecular weight is 305 g/mol. The molecule has 1 atom stereocenters. The first-order chi connectivity index (χ1) is 10.4. The molecular weight excluding hydrogens is 278 g/mol. The van der Waals surface area contributed by atoms with E-state index in [1.165, 1.54) is 12.8 Å². The highest BCUT2D eigenvalue weighted by atomic mass is 16.5. The summed E-state index contributed by atoms with van der Waals surface area (Å²) in [7, 11) is 0. The molecule has 2 fully saturated rings. The number of nitrogens with zero attached hydrogens (tertiary/aromatic N) is 2. The summed E-state index contributed by atoms with van der Waals surface area (Å²) in [4.78, 5) is 14.5. The molecule has 1 N–H and O–H groups in total. The summed E-state index contributed by atoms with van der Waals surface area (Å²) in [6, 6.07) is 2.35. The predicted octanol–water partition coefficient (Wildman–Crippen LogP) is 2.68. The summed E-state index contributed by atoms with van der Waals surface area (Å²) in [5.74, 6) is 1.79. The van der Waals surface area contributed by atoms with Gasteiger partial charge in [-0.15, -0.1) is 0 Å². The standard InChI is InChI=1S/C17H27N3O2/c1-17(2,3)16(21)18-13-5-4-8-20(10-13)11-14-9-15(22-19-14)12-6-7-12/h9,12-13H,4-8,10-11H2,1-3H3,(H,18,21). The van der Waals surface area contributed by atoms with Gasteiger partial charge in [0.05, 0.1) is 5.69 Å². The molecule has 0 radical (unpaired) electrons. The van der Waals surface area contributed by atoms with Crippen LogP contribution in [0.25, 0.3) is 0 Å². The molecule has 0 aromatic carbocycles. The first-order valence-corrected chi connectivity index (χ1v) is 8.40. The summed E-state index contributed by atoms with van der Waals surface area (Å²) in [5.41, 5.74) is 0.692. The third-order valence-corrected chi connectivity index (χ3v) is 4.46. The van der Waals surface area contributed by atoms with Crippen LogP contribution in [0.2, 0.25) is 0 Å². The summed E-state index contributed by atoms with van der Waals surface area (Å²) in [5, 5.41) is 7.38. The summed E-state index contributed by atoms with van der Waals surface area (Å²) in [6.07, 6.45) is 4.64. The van der Waals surface area contributed by atoms with Crippen molar-refractivity contribution in [2.75, 3.05) is 13.1 Å². The number of aromatic nitrogens is 1. The SMILES string of the molecule is CC(C)(C)C(=O)NC1CCCN(Cc2cc(C3CC3)on2)C1. The highest BCUT2D eigenvalue weighted by Crippen LogP contribution is 2.40. The van der Waals surface area contributed by atoms with E-state index in [0.29, 0.717) is 5.92 Å². The van der Waals surface area contributed by atoms with Crippen molar-refractivity contribution < 1.29 is 9.32 Å². The van der Waals surface area contributed by atoms with Crippen LogP contribution in [-0.4, -0.2) is 35.1 Å². The maximum Gasteiger partial charge on any atom is 0.225 e. The molecule has 2 heterocycles. The Morgan fingerprint density at radius 2 is 2.18 bits per heavy atom. The van der Waals surface area contributed by atoms with Crippen molar-refractivity contribution in [1.82, 2.24) is 15.4 Å². The van der Waals surface area contributed by atoms with Crippen molar-refractivity contribution >= 4 is 5.91 Å². The first kappa shape index (κ1) is 15.5. The van der Waals surface area contributed by atoms with Crippen LogP contribution in [0, 0.1) is 5.41 Å². The van der Waals surface area contributed by atoms with Gasteiger partial charge in [-0.2, -0.15) is 0 Å². The molecule has 1 aromatic rings. The number of hydrogen-bond acceptors (Lipinski definition) is 4. The topological polar surface area (TPSA) is 58.4 Å².